The minimum Gasteiger partial charge on any atom is -0.472 e. The van der Waals surface area contributed by atoms with Crippen LogP contribution >= 0.6 is 0 Å². The number of aliphatic hydroxyl groups excluding tert-OH is 1. The highest BCUT2D eigenvalue weighted by Gasteiger charge is 2.65. The highest BCUT2D eigenvalue weighted by Crippen LogP contribution is 2.68. The van der Waals surface area contributed by atoms with Gasteiger partial charge in [-0.3, -0.25) is 4.79 Å². The van der Waals surface area contributed by atoms with Crippen LogP contribution in [0, 0.1) is 22.2 Å². The molecular weight excluding hydrogens is 304 g/mol. The molecule has 2 heterocycles. The van der Waals surface area contributed by atoms with E-state index >= 15 is 0 Å². The second-order valence-electron chi connectivity index (χ2n) is 8.44. The Morgan fingerprint density at radius 2 is 2.17 bits per heavy atom. The maximum absolute atomic E-state index is 13.1. The zero-order valence-corrected chi connectivity index (χ0v) is 14.7. The molecule has 5 unspecified atom stereocenters. The number of hydrogen-bond donors (Lipinski definition) is 1. The standard InChI is InChI=1S/C20H26O4/c1-13-4-8-19(3)16(5-7-18(19,2)12-21)20(13)10-15(24-17(20)22)14-6-9-23-11-14/h5-6,9,11,13,15,21H,4,7-8,10,12H2,1-3H3. The summed E-state index contributed by atoms with van der Waals surface area (Å²) in [5, 5.41) is 10.0. The molecule has 3 aliphatic rings. The summed E-state index contributed by atoms with van der Waals surface area (Å²) < 4.78 is 11.0. The normalized spacial score (nSPS) is 44.5. The Morgan fingerprint density at radius 3 is 2.83 bits per heavy atom. The molecule has 130 valence electrons. The van der Waals surface area contributed by atoms with Gasteiger partial charge < -0.3 is 14.3 Å². The van der Waals surface area contributed by atoms with E-state index in [1.54, 1.807) is 12.5 Å². The van der Waals surface area contributed by atoms with E-state index < -0.39 is 5.41 Å². The molecule has 2 aliphatic carbocycles. The summed E-state index contributed by atoms with van der Waals surface area (Å²) in [5.74, 6) is 0.155. The van der Waals surface area contributed by atoms with Crippen LogP contribution < -0.4 is 0 Å². The lowest BCUT2D eigenvalue weighted by Crippen LogP contribution is -2.50. The quantitative estimate of drug-likeness (QED) is 0.657. The van der Waals surface area contributed by atoms with E-state index in [0.29, 0.717) is 6.42 Å². The van der Waals surface area contributed by atoms with E-state index in [9.17, 15) is 9.90 Å². The van der Waals surface area contributed by atoms with Gasteiger partial charge in [-0.1, -0.05) is 26.8 Å². The average Bonchev–Trinajstić information content (AvgIpc) is 3.25. The largest absolute Gasteiger partial charge is 0.472 e. The Balaban J connectivity index is 1.78. The van der Waals surface area contributed by atoms with Crippen molar-refractivity contribution in [1.82, 2.24) is 0 Å². The van der Waals surface area contributed by atoms with E-state index in [1.807, 2.05) is 6.07 Å². The Kier molecular flexibility index (Phi) is 3.31. The van der Waals surface area contributed by atoms with E-state index in [-0.39, 0.29) is 35.4 Å². The van der Waals surface area contributed by atoms with Gasteiger partial charge in [0, 0.05) is 24.0 Å². The third-order valence-electron chi connectivity index (χ3n) is 7.47. The van der Waals surface area contributed by atoms with E-state index in [1.165, 1.54) is 5.57 Å². The molecule has 1 N–H and O–H groups in total. The molecule has 2 fully saturated rings. The van der Waals surface area contributed by atoms with Crippen molar-refractivity contribution in [3.63, 3.8) is 0 Å². The number of ether oxygens (including phenoxy) is 1. The number of esters is 1. The summed E-state index contributed by atoms with van der Waals surface area (Å²) in [6.07, 6.45) is 8.79. The number of furan rings is 1. The lowest BCUT2D eigenvalue weighted by Gasteiger charge is -2.52. The van der Waals surface area contributed by atoms with E-state index in [2.05, 4.69) is 26.8 Å². The Bertz CT molecular complexity index is 691. The zero-order valence-electron chi connectivity index (χ0n) is 14.7. The van der Waals surface area contributed by atoms with Crippen molar-refractivity contribution < 1.29 is 19.1 Å². The Hall–Kier alpha value is -1.55. The minimum absolute atomic E-state index is 0.0967. The summed E-state index contributed by atoms with van der Waals surface area (Å²) in [5.41, 5.74) is 1.26. The van der Waals surface area contributed by atoms with Gasteiger partial charge in [0.2, 0.25) is 0 Å². The number of cyclic esters (lactones) is 1. The van der Waals surface area contributed by atoms with Crippen molar-refractivity contribution in [3.8, 4) is 0 Å². The predicted octanol–water partition coefficient (Wildman–Crippen LogP) is 4.02. The summed E-state index contributed by atoms with van der Waals surface area (Å²) >= 11 is 0. The van der Waals surface area contributed by atoms with Crippen LogP contribution in [0.5, 0.6) is 0 Å². The molecule has 1 saturated heterocycles. The van der Waals surface area contributed by atoms with Gasteiger partial charge in [-0.05, 0) is 42.2 Å². The molecule has 4 heteroatoms. The first kappa shape index (κ1) is 15.9. The van der Waals surface area contributed by atoms with Gasteiger partial charge in [0.05, 0.1) is 17.9 Å². The fraction of sp³-hybridized carbons (Fsp3) is 0.650. The molecule has 0 amide bonds. The summed E-state index contributed by atoms with van der Waals surface area (Å²) in [6.45, 7) is 6.70. The molecule has 0 bridgehead atoms. The molecule has 5 atom stereocenters. The van der Waals surface area contributed by atoms with Crippen molar-refractivity contribution in [2.45, 2.75) is 52.6 Å². The van der Waals surface area contributed by atoms with Crippen molar-refractivity contribution in [2.75, 3.05) is 6.61 Å². The number of carbonyl (C=O) groups is 1. The zero-order chi connectivity index (χ0) is 17.2. The van der Waals surface area contributed by atoms with Crippen LogP contribution in [-0.4, -0.2) is 17.7 Å². The first-order valence-corrected chi connectivity index (χ1v) is 8.92. The van der Waals surface area contributed by atoms with Gasteiger partial charge in [0.25, 0.3) is 0 Å². The lowest BCUT2D eigenvalue weighted by atomic mass is 9.50. The SMILES string of the molecule is CC1CCC2(C)C(=CCC2(C)CO)C12CC(c1ccoc1)OC2=O. The molecule has 1 spiro atoms. The number of allylic oxidation sites excluding steroid dienone is 1. The fourth-order valence-electron chi connectivity index (χ4n) is 5.39. The average molecular weight is 330 g/mol. The molecule has 0 radical (unpaired) electrons. The van der Waals surface area contributed by atoms with Crippen LogP contribution in [0.2, 0.25) is 0 Å². The van der Waals surface area contributed by atoms with Crippen LogP contribution in [-0.2, 0) is 9.53 Å². The molecule has 0 aromatic carbocycles. The first-order chi connectivity index (χ1) is 11.4. The summed E-state index contributed by atoms with van der Waals surface area (Å²) in [6, 6.07) is 1.88. The number of fused-ring (bicyclic) bond motifs is 2. The second-order valence-corrected chi connectivity index (χ2v) is 8.44. The monoisotopic (exact) mass is 330 g/mol. The predicted molar refractivity (Wildman–Crippen MR) is 89.0 cm³/mol. The highest BCUT2D eigenvalue weighted by atomic mass is 16.6. The van der Waals surface area contributed by atoms with Crippen LogP contribution in [0.1, 0.15) is 58.1 Å². The van der Waals surface area contributed by atoms with Gasteiger partial charge >= 0.3 is 5.97 Å². The van der Waals surface area contributed by atoms with Crippen LogP contribution in [0.25, 0.3) is 0 Å². The molecule has 1 saturated carbocycles. The van der Waals surface area contributed by atoms with E-state index in [4.69, 9.17) is 9.15 Å². The molecule has 1 aromatic heterocycles. The van der Waals surface area contributed by atoms with Gasteiger partial charge in [-0.2, -0.15) is 0 Å². The third kappa shape index (κ3) is 1.75. The number of carbonyl (C=O) groups excluding carboxylic acids is 1. The van der Waals surface area contributed by atoms with Gasteiger partial charge in [-0.15, -0.1) is 0 Å². The molecule has 24 heavy (non-hydrogen) atoms. The molecule has 4 nitrogen and oxygen atoms in total. The molecule has 1 aliphatic heterocycles. The van der Waals surface area contributed by atoms with E-state index in [0.717, 1.165) is 24.8 Å². The van der Waals surface area contributed by atoms with Crippen LogP contribution in [0.4, 0.5) is 0 Å². The minimum atomic E-state index is -0.554. The molecule has 4 rings (SSSR count). The smallest absolute Gasteiger partial charge is 0.317 e. The first-order valence-electron chi connectivity index (χ1n) is 8.92. The van der Waals surface area contributed by atoms with Crippen molar-refractivity contribution in [2.24, 2.45) is 22.2 Å². The van der Waals surface area contributed by atoms with Gasteiger partial charge in [0.1, 0.15) is 6.10 Å². The second kappa shape index (κ2) is 4.98. The number of hydrogen-bond acceptors (Lipinski definition) is 4. The van der Waals surface area contributed by atoms with Crippen LogP contribution in [0.3, 0.4) is 0 Å². The third-order valence-corrected chi connectivity index (χ3v) is 7.47. The highest BCUT2D eigenvalue weighted by molar-refractivity contribution is 5.84. The molecule has 1 aromatic rings. The van der Waals surface area contributed by atoms with Crippen molar-refractivity contribution >= 4 is 5.97 Å². The van der Waals surface area contributed by atoms with Crippen molar-refractivity contribution in [3.05, 3.63) is 35.8 Å². The lowest BCUT2D eigenvalue weighted by molar-refractivity contribution is -0.152. The Labute approximate surface area is 142 Å². The van der Waals surface area contributed by atoms with Gasteiger partial charge in [0.15, 0.2) is 0 Å². The number of aliphatic hydroxyl groups is 1. The Morgan fingerprint density at radius 1 is 1.38 bits per heavy atom. The number of rotatable bonds is 2. The topological polar surface area (TPSA) is 59.7 Å². The van der Waals surface area contributed by atoms with Crippen LogP contribution in [0.15, 0.2) is 34.7 Å². The maximum Gasteiger partial charge on any atom is 0.317 e. The summed E-state index contributed by atoms with van der Waals surface area (Å²) in [4.78, 5) is 13.1. The summed E-state index contributed by atoms with van der Waals surface area (Å²) in [7, 11) is 0. The van der Waals surface area contributed by atoms with Gasteiger partial charge in [-0.25, -0.2) is 0 Å². The van der Waals surface area contributed by atoms with Crippen molar-refractivity contribution in [1.29, 1.82) is 0 Å². The molecular formula is C20H26O4. The fourth-order valence-corrected chi connectivity index (χ4v) is 5.39. The maximum atomic E-state index is 13.1.